The molecule has 0 aliphatic rings. The second kappa shape index (κ2) is 6.49. The van der Waals surface area contributed by atoms with Crippen LogP contribution in [0.1, 0.15) is 0 Å². The predicted molar refractivity (Wildman–Crippen MR) is 70.1 cm³/mol. The van der Waals surface area contributed by atoms with Gasteiger partial charge < -0.3 is 21.7 Å². The molecular weight excluding hydrogens is 495 g/mol. The number of nitrogens with zero attached hydrogens (tertiary/aromatic N) is 2. The minimum absolute atomic E-state index is 0. The van der Waals surface area contributed by atoms with Crippen molar-refractivity contribution in [3.05, 3.63) is 14.6 Å². The second-order valence-electron chi connectivity index (χ2n) is 3.12. The van der Waals surface area contributed by atoms with Crippen molar-refractivity contribution in [2.75, 3.05) is 7.11 Å². The highest BCUT2D eigenvalue weighted by molar-refractivity contribution is 14.1. The van der Waals surface area contributed by atoms with Crippen molar-refractivity contribution < 1.29 is 47.7 Å². The van der Waals surface area contributed by atoms with Crippen molar-refractivity contribution in [2.45, 2.75) is 9.79 Å². The van der Waals surface area contributed by atoms with Crippen molar-refractivity contribution in [1.82, 2.24) is 0 Å². The average molecular weight is 501 g/mol. The lowest BCUT2D eigenvalue weighted by molar-refractivity contribution is -0.0000126. The zero-order valence-electron chi connectivity index (χ0n) is 9.48. The summed E-state index contributed by atoms with van der Waals surface area (Å²) in [7, 11) is -8.55. The Bertz CT molecular complexity index is 784. The van der Waals surface area contributed by atoms with E-state index >= 15 is 0 Å². The maximum atomic E-state index is 11.2. The van der Waals surface area contributed by atoms with Gasteiger partial charge in [-0.15, -0.1) is 0 Å². The molecule has 20 heavy (non-hydrogen) atoms. The summed E-state index contributed by atoms with van der Waals surface area (Å²) in [6, 6.07) is 0.719. The first-order chi connectivity index (χ1) is 8.54. The van der Waals surface area contributed by atoms with Crippen LogP contribution in [0, 0.1) is 8.96 Å². The van der Waals surface area contributed by atoms with E-state index in [1.165, 1.54) is 22.6 Å². The van der Waals surface area contributed by atoms with Crippen LogP contribution in [0.2, 0.25) is 0 Å². The first-order valence-corrected chi connectivity index (χ1v) is 8.20. The smallest absolute Gasteiger partial charge is 0.448 e. The molecule has 2 N–H and O–H groups in total. The normalized spacial score (nSPS) is 11.3. The molecule has 13 heteroatoms. The number of rotatable bonds is 3. The van der Waals surface area contributed by atoms with Gasteiger partial charge in [0, 0.05) is 3.57 Å². The number of benzene rings is 1. The highest BCUT2D eigenvalue weighted by Crippen LogP contribution is 2.42. The van der Waals surface area contributed by atoms with Crippen LogP contribution in [-0.4, -0.2) is 33.1 Å². The van der Waals surface area contributed by atoms with E-state index in [-0.39, 0.29) is 20.6 Å². The van der Waals surface area contributed by atoms with Gasteiger partial charge in [0.05, 0.1) is 7.11 Å². The Morgan fingerprint density at radius 1 is 1.25 bits per heavy atom. The summed E-state index contributed by atoms with van der Waals surface area (Å²) in [5.41, 5.74) is -0.835. The Morgan fingerprint density at radius 3 is 2.05 bits per heavy atom. The Balaban J connectivity index is 0.00000361. The van der Waals surface area contributed by atoms with Gasteiger partial charge in [0.1, 0.15) is 0 Å². The van der Waals surface area contributed by atoms with Crippen LogP contribution in [0.25, 0.3) is 4.98 Å². The lowest BCUT2D eigenvalue weighted by Gasteiger charge is -2.07. The molecule has 0 bridgehead atoms. The average Bonchev–Trinajstić information content (AvgIpc) is 2.24. The molecule has 0 saturated carbocycles. The molecule has 0 radical (unpaired) electrons. The lowest BCUT2D eigenvalue weighted by Crippen LogP contribution is -3.00. The van der Waals surface area contributed by atoms with E-state index in [2.05, 4.69) is 9.71 Å². The predicted octanol–water partition coefficient (Wildman–Crippen LogP) is -1.72. The number of diazo groups is 1. The number of methoxy groups -OCH3 is 1. The molecule has 0 fully saturated rings. The number of hydrogen-bond acceptors (Lipinski definition) is 6. The molecule has 0 spiro atoms. The fraction of sp³-hybridized carbons (Fsp3) is 0.143. The molecule has 1 rings (SSSR count). The summed E-state index contributed by atoms with van der Waals surface area (Å²) >= 11 is 1.42. The molecule has 9 nitrogen and oxygen atoms in total. The SMILES string of the molecule is COc1c([N+]#N)c(S(=O)(=O)O)cc(I)c1S(=O)(=O)O.[Br-]. The number of ether oxygens (including phenoxy) is 1. The molecular formula is C7H6BrIN2O7S2. The zero-order chi connectivity index (χ0) is 15.0. The van der Waals surface area contributed by atoms with Crippen molar-refractivity contribution in [2.24, 2.45) is 0 Å². The summed E-state index contributed by atoms with van der Waals surface area (Å²) in [5, 5.41) is 8.77. The van der Waals surface area contributed by atoms with Crippen molar-refractivity contribution in [3.63, 3.8) is 0 Å². The molecule has 1 aromatic carbocycles. The molecule has 112 valence electrons. The summed E-state index contributed by atoms with van der Waals surface area (Å²) in [5.74, 6) is -0.704. The number of halogens is 2. The van der Waals surface area contributed by atoms with Crippen LogP contribution < -0.4 is 21.7 Å². The van der Waals surface area contributed by atoms with Crippen molar-refractivity contribution >= 4 is 48.5 Å². The van der Waals surface area contributed by atoms with E-state index in [0.717, 1.165) is 13.2 Å². The van der Waals surface area contributed by atoms with E-state index < -0.39 is 41.5 Å². The molecule has 0 amide bonds. The fourth-order valence-electron chi connectivity index (χ4n) is 1.30. The third-order valence-electron chi connectivity index (χ3n) is 1.97. The monoisotopic (exact) mass is 500 g/mol. The Morgan fingerprint density at radius 2 is 1.75 bits per heavy atom. The standard InChI is InChI=1S/C7H5IN2O7S2.BrH/c1-17-6-5(10-9)4(18(11,12)13)2-3(8)7(6)19(14,15)16;/h2H,1H3,(H-,11,12,13,14,15,16);1H. The van der Waals surface area contributed by atoms with E-state index in [1.54, 1.807) is 0 Å². The van der Waals surface area contributed by atoms with Crippen LogP contribution in [0.3, 0.4) is 0 Å². The van der Waals surface area contributed by atoms with Crippen LogP contribution in [0.4, 0.5) is 5.69 Å². The van der Waals surface area contributed by atoms with Crippen molar-refractivity contribution in [3.8, 4) is 5.75 Å². The van der Waals surface area contributed by atoms with Gasteiger partial charge in [-0.25, -0.2) is 0 Å². The summed E-state index contributed by atoms with van der Waals surface area (Å²) in [6.45, 7) is 0. The quantitative estimate of drug-likeness (QED) is 0.283. The largest absolute Gasteiger partial charge is 1.00 e. The van der Waals surface area contributed by atoms with Gasteiger partial charge in [0.25, 0.3) is 10.1 Å². The van der Waals surface area contributed by atoms with Gasteiger partial charge in [-0.05, 0) is 28.7 Å². The van der Waals surface area contributed by atoms with E-state index in [0.29, 0.717) is 0 Å². The Labute approximate surface area is 138 Å². The molecule has 0 aliphatic heterocycles. The fourth-order valence-corrected chi connectivity index (χ4v) is 4.26. The third-order valence-corrected chi connectivity index (χ3v) is 4.97. The van der Waals surface area contributed by atoms with Gasteiger partial charge >= 0.3 is 15.8 Å². The summed E-state index contributed by atoms with van der Waals surface area (Å²) in [6.07, 6.45) is 0. The van der Waals surface area contributed by atoms with Crippen molar-refractivity contribution in [1.29, 1.82) is 5.39 Å². The van der Waals surface area contributed by atoms with Crippen LogP contribution in [0.5, 0.6) is 5.75 Å². The van der Waals surface area contributed by atoms with Crippen LogP contribution in [0.15, 0.2) is 15.9 Å². The zero-order valence-corrected chi connectivity index (χ0v) is 14.9. The highest BCUT2D eigenvalue weighted by atomic mass is 127. The van der Waals surface area contributed by atoms with E-state index in [9.17, 15) is 16.8 Å². The lowest BCUT2D eigenvalue weighted by atomic mass is 10.3. The minimum atomic E-state index is -4.78. The van der Waals surface area contributed by atoms with Gasteiger partial charge in [-0.2, -0.15) is 16.8 Å². The molecule has 0 heterocycles. The van der Waals surface area contributed by atoms with Gasteiger partial charge in [0.15, 0.2) is 14.8 Å². The Kier molecular flexibility index (Phi) is 6.32. The summed E-state index contributed by atoms with van der Waals surface area (Å²) in [4.78, 5) is 0.954. The first kappa shape index (κ1) is 19.5. The third kappa shape index (κ3) is 3.77. The topological polar surface area (TPSA) is 146 Å². The minimum Gasteiger partial charge on any atom is -1.00 e. The Hall–Kier alpha value is -0.530. The summed E-state index contributed by atoms with van der Waals surface area (Å²) < 4.78 is 67.0. The molecule has 0 unspecified atom stereocenters. The first-order valence-electron chi connectivity index (χ1n) is 4.24. The van der Waals surface area contributed by atoms with Gasteiger partial charge in [0.2, 0.25) is 11.1 Å². The van der Waals surface area contributed by atoms with E-state index in [4.69, 9.17) is 14.5 Å². The van der Waals surface area contributed by atoms with Gasteiger partial charge in [-0.3, -0.25) is 9.11 Å². The van der Waals surface area contributed by atoms with Gasteiger partial charge in [-0.1, -0.05) is 0 Å². The molecule has 0 aromatic heterocycles. The highest BCUT2D eigenvalue weighted by Gasteiger charge is 2.37. The maximum Gasteiger partial charge on any atom is 0.448 e. The maximum absolute atomic E-state index is 11.2. The molecule has 1 aromatic rings. The molecule has 0 atom stereocenters. The second-order valence-corrected chi connectivity index (χ2v) is 7.03. The van der Waals surface area contributed by atoms with Crippen LogP contribution >= 0.6 is 22.6 Å². The molecule has 0 aliphatic carbocycles. The van der Waals surface area contributed by atoms with E-state index in [1.807, 2.05) is 0 Å². The number of hydrogen-bond donors (Lipinski definition) is 2. The molecule has 0 saturated heterocycles. The van der Waals surface area contributed by atoms with Crippen LogP contribution in [-0.2, 0) is 20.2 Å².